The SMILES string of the molecule is CC(=N)NCC[C@H](CO)OCc1ccc(-n2cc3cc(-c4cc(CCC[C@H](C)N)cc(Cl)c4F)[nH]c3nc2=O)cc1. The topological polar surface area (TPSA) is 142 Å². The van der Waals surface area contributed by atoms with Gasteiger partial charge in [0.25, 0.3) is 0 Å². The summed E-state index contributed by atoms with van der Waals surface area (Å²) in [6, 6.07) is 12.5. The van der Waals surface area contributed by atoms with Crippen molar-refractivity contribution < 1.29 is 14.2 Å². The van der Waals surface area contributed by atoms with Gasteiger partial charge in [-0.05, 0) is 81.0 Å². The summed E-state index contributed by atoms with van der Waals surface area (Å²) in [6.07, 6.45) is 4.33. The van der Waals surface area contributed by atoms with Crippen LogP contribution in [0, 0.1) is 11.2 Å². The Morgan fingerprint density at radius 3 is 2.68 bits per heavy atom. The Kier molecular flexibility index (Phi) is 10.3. The molecule has 0 aliphatic rings. The largest absolute Gasteiger partial charge is 0.394 e. The van der Waals surface area contributed by atoms with Crippen LogP contribution in [0.3, 0.4) is 0 Å². The fraction of sp³-hybridized carbons (Fsp3) is 0.367. The molecule has 0 fully saturated rings. The zero-order valence-corrected chi connectivity index (χ0v) is 24.0. The van der Waals surface area contributed by atoms with Crippen molar-refractivity contribution in [2.45, 2.75) is 58.3 Å². The van der Waals surface area contributed by atoms with Crippen molar-refractivity contribution >= 4 is 28.5 Å². The van der Waals surface area contributed by atoms with Gasteiger partial charge in [-0.15, -0.1) is 0 Å². The van der Waals surface area contributed by atoms with Gasteiger partial charge in [0.2, 0.25) is 0 Å². The highest BCUT2D eigenvalue weighted by Crippen LogP contribution is 2.31. The van der Waals surface area contributed by atoms with Gasteiger partial charge in [-0.25, -0.2) is 9.18 Å². The average molecular weight is 583 g/mol. The third-order valence-electron chi connectivity index (χ3n) is 6.77. The number of nitrogens with zero attached hydrogens (tertiary/aromatic N) is 2. The number of aromatic nitrogens is 3. The van der Waals surface area contributed by atoms with Gasteiger partial charge in [-0.3, -0.25) is 9.98 Å². The Morgan fingerprint density at radius 1 is 1.24 bits per heavy atom. The molecule has 41 heavy (non-hydrogen) atoms. The van der Waals surface area contributed by atoms with E-state index >= 15 is 4.39 Å². The Hall–Kier alpha value is -3.57. The van der Waals surface area contributed by atoms with Crippen molar-refractivity contribution in [3.63, 3.8) is 0 Å². The first-order valence-corrected chi connectivity index (χ1v) is 14.0. The molecule has 2 atom stereocenters. The predicted molar refractivity (Wildman–Crippen MR) is 160 cm³/mol. The molecule has 0 unspecified atom stereocenters. The maximum Gasteiger partial charge on any atom is 0.354 e. The molecule has 9 nitrogen and oxygen atoms in total. The van der Waals surface area contributed by atoms with E-state index in [0.29, 0.717) is 53.4 Å². The number of aliphatic hydroxyl groups is 1. The second-order valence-corrected chi connectivity index (χ2v) is 10.7. The first-order valence-electron chi connectivity index (χ1n) is 13.6. The van der Waals surface area contributed by atoms with Crippen molar-refractivity contribution in [2.24, 2.45) is 5.73 Å². The number of hydrogen-bond acceptors (Lipinski definition) is 6. The van der Waals surface area contributed by atoms with Gasteiger partial charge >= 0.3 is 5.69 Å². The van der Waals surface area contributed by atoms with E-state index in [2.05, 4.69) is 15.3 Å². The average Bonchev–Trinajstić information content (AvgIpc) is 3.34. The summed E-state index contributed by atoms with van der Waals surface area (Å²) < 4.78 is 22.3. The number of hydrogen-bond donors (Lipinski definition) is 5. The van der Waals surface area contributed by atoms with Crippen molar-refractivity contribution in [1.82, 2.24) is 19.9 Å². The van der Waals surface area contributed by atoms with E-state index in [0.717, 1.165) is 30.4 Å². The molecule has 4 aromatic rings. The first kappa shape index (κ1) is 30.4. The third kappa shape index (κ3) is 8.01. The first-order chi connectivity index (χ1) is 19.6. The van der Waals surface area contributed by atoms with Gasteiger partial charge in [0.1, 0.15) is 5.65 Å². The molecule has 0 aliphatic carbocycles. The number of benzene rings is 2. The quantitative estimate of drug-likeness (QED) is 0.114. The van der Waals surface area contributed by atoms with Gasteiger partial charge < -0.3 is 25.9 Å². The van der Waals surface area contributed by atoms with E-state index in [4.69, 9.17) is 27.5 Å². The molecule has 2 aromatic carbocycles. The molecule has 0 saturated carbocycles. The zero-order chi connectivity index (χ0) is 29.5. The lowest BCUT2D eigenvalue weighted by Gasteiger charge is -2.16. The number of rotatable bonds is 13. The van der Waals surface area contributed by atoms with Crippen LogP contribution in [-0.4, -0.2) is 50.8 Å². The van der Waals surface area contributed by atoms with Gasteiger partial charge in [0.15, 0.2) is 5.82 Å². The second kappa shape index (κ2) is 13.9. The van der Waals surface area contributed by atoms with E-state index in [-0.39, 0.29) is 23.8 Å². The number of halogens is 2. The molecule has 0 saturated heterocycles. The monoisotopic (exact) mass is 582 g/mol. The Morgan fingerprint density at radius 2 is 2.00 bits per heavy atom. The van der Waals surface area contributed by atoms with Gasteiger partial charge in [-0.1, -0.05) is 23.7 Å². The smallest absolute Gasteiger partial charge is 0.354 e. The molecule has 2 heterocycles. The molecule has 0 bridgehead atoms. The minimum absolute atomic E-state index is 0.0389. The van der Waals surface area contributed by atoms with Gasteiger partial charge in [0.05, 0.1) is 41.6 Å². The number of amidine groups is 1. The van der Waals surface area contributed by atoms with Crippen LogP contribution in [-0.2, 0) is 17.8 Å². The summed E-state index contributed by atoms with van der Waals surface area (Å²) in [5.74, 6) is -0.169. The Bertz CT molecular complexity index is 1550. The normalized spacial score (nSPS) is 12.9. The summed E-state index contributed by atoms with van der Waals surface area (Å²) in [5, 5.41) is 20.6. The Labute approximate surface area is 243 Å². The predicted octanol–water partition coefficient (Wildman–Crippen LogP) is 4.70. The second-order valence-electron chi connectivity index (χ2n) is 10.3. The summed E-state index contributed by atoms with van der Waals surface area (Å²) in [7, 11) is 0. The third-order valence-corrected chi connectivity index (χ3v) is 7.05. The summed E-state index contributed by atoms with van der Waals surface area (Å²) >= 11 is 6.22. The lowest BCUT2D eigenvalue weighted by molar-refractivity contribution is -0.00120. The van der Waals surface area contributed by atoms with Crippen molar-refractivity contribution in [3.8, 4) is 16.9 Å². The van der Waals surface area contributed by atoms with Crippen LogP contribution < -0.4 is 16.7 Å². The van der Waals surface area contributed by atoms with Crippen LogP contribution in [0.5, 0.6) is 0 Å². The van der Waals surface area contributed by atoms with Crippen LogP contribution in [0.25, 0.3) is 28.0 Å². The number of H-pyrrole nitrogens is 1. The van der Waals surface area contributed by atoms with Crippen LogP contribution in [0.4, 0.5) is 4.39 Å². The molecule has 11 heteroatoms. The van der Waals surface area contributed by atoms with Crippen LogP contribution in [0.1, 0.15) is 44.2 Å². The standard InChI is InChI=1S/C30H36ClFN6O3/c1-18(33)4-3-5-21-12-25(28(32)26(31)13-21)27-14-22-15-38(30(40)37-29(22)36-27)23-8-6-20(7-9-23)17-41-24(16-39)10-11-35-19(2)34/h6-9,12-15,18,24,39H,3-5,10-11,16-17,33H2,1-2H3,(H2,34,35)(H,36,37,40)/t18-,24+/m0/s1. The van der Waals surface area contributed by atoms with E-state index in [1.807, 2.05) is 19.1 Å². The maximum atomic E-state index is 15.0. The number of nitrogens with one attached hydrogen (secondary N) is 3. The molecule has 0 radical (unpaired) electrons. The number of nitrogens with two attached hydrogens (primary N) is 1. The minimum Gasteiger partial charge on any atom is -0.394 e. The molecule has 0 spiro atoms. The molecule has 218 valence electrons. The highest BCUT2D eigenvalue weighted by atomic mass is 35.5. The van der Waals surface area contributed by atoms with Crippen molar-refractivity contribution in [3.05, 3.63) is 81.1 Å². The number of aromatic amines is 1. The summed E-state index contributed by atoms with van der Waals surface area (Å²) in [6.45, 7) is 4.32. The zero-order valence-electron chi connectivity index (χ0n) is 23.2. The summed E-state index contributed by atoms with van der Waals surface area (Å²) in [4.78, 5) is 20.1. The molecule has 4 rings (SSSR count). The fourth-order valence-electron chi connectivity index (χ4n) is 4.55. The number of aliphatic hydroxyl groups excluding tert-OH is 1. The summed E-state index contributed by atoms with van der Waals surface area (Å²) in [5.41, 5.74) is 8.93. The lowest BCUT2D eigenvalue weighted by atomic mass is 10.0. The lowest BCUT2D eigenvalue weighted by Crippen LogP contribution is -2.27. The number of ether oxygens (including phenoxy) is 1. The highest BCUT2D eigenvalue weighted by molar-refractivity contribution is 6.31. The van der Waals surface area contributed by atoms with E-state index < -0.39 is 11.5 Å². The van der Waals surface area contributed by atoms with E-state index in [1.54, 1.807) is 43.5 Å². The van der Waals surface area contributed by atoms with E-state index in [1.165, 1.54) is 4.57 Å². The molecule has 0 amide bonds. The van der Waals surface area contributed by atoms with Crippen LogP contribution in [0.15, 0.2) is 53.5 Å². The van der Waals surface area contributed by atoms with Crippen LogP contribution >= 0.6 is 11.6 Å². The van der Waals surface area contributed by atoms with Crippen molar-refractivity contribution in [1.29, 1.82) is 5.41 Å². The molecular formula is C30H36ClFN6O3. The Balaban J connectivity index is 1.51. The number of aryl methyl sites for hydroxylation is 1. The highest BCUT2D eigenvalue weighted by Gasteiger charge is 2.16. The number of fused-ring (bicyclic) bond motifs is 1. The van der Waals surface area contributed by atoms with Crippen molar-refractivity contribution in [2.75, 3.05) is 13.2 Å². The molecule has 6 N–H and O–H groups in total. The minimum atomic E-state index is -0.535. The van der Waals surface area contributed by atoms with Crippen LogP contribution in [0.2, 0.25) is 5.02 Å². The molecular weight excluding hydrogens is 547 g/mol. The molecule has 2 aromatic heterocycles. The van der Waals surface area contributed by atoms with Gasteiger partial charge in [0, 0.05) is 29.7 Å². The maximum absolute atomic E-state index is 15.0. The molecule has 0 aliphatic heterocycles. The van der Waals surface area contributed by atoms with Gasteiger partial charge in [-0.2, -0.15) is 4.98 Å². The fourth-order valence-corrected chi connectivity index (χ4v) is 4.79. The van der Waals surface area contributed by atoms with E-state index in [9.17, 15) is 9.90 Å².